The molecule has 0 saturated carbocycles. The van der Waals surface area contributed by atoms with Crippen LogP contribution in [-0.2, 0) is 0 Å². The Labute approximate surface area is 77.8 Å². The van der Waals surface area contributed by atoms with Gasteiger partial charge in [-0.15, -0.1) is 11.3 Å². The van der Waals surface area contributed by atoms with Crippen molar-refractivity contribution in [1.82, 2.24) is 5.32 Å². The predicted octanol–water partition coefficient (Wildman–Crippen LogP) is 2.60. The molecule has 1 N–H and O–H groups in total. The Balaban J connectivity index is 2.25. The smallest absolute Gasteiger partial charge is 0.0202 e. The lowest BCUT2D eigenvalue weighted by molar-refractivity contribution is 0.415. The van der Waals surface area contributed by atoms with Gasteiger partial charge >= 0.3 is 0 Å². The molecule has 1 aliphatic heterocycles. The van der Waals surface area contributed by atoms with Gasteiger partial charge in [0.05, 0.1) is 0 Å². The first-order valence-corrected chi connectivity index (χ1v) is 5.36. The van der Waals surface area contributed by atoms with Crippen LogP contribution in [0.5, 0.6) is 0 Å². The van der Waals surface area contributed by atoms with Gasteiger partial charge in [0, 0.05) is 16.3 Å². The molecule has 0 aliphatic carbocycles. The molecule has 0 aromatic carbocycles. The Bertz CT molecular complexity index is 251. The van der Waals surface area contributed by atoms with Crippen LogP contribution in [0.25, 0.3) is 0 Å². The zero-order chi connectivity index (χ0) is 8.60. The molecule has 0 radical (unpaired) electrons. The van der Waals surface area contributed by atoms with E-state index in [4.69, 9.17) is 0 Å². The quantitative estimate of drug-likeness (QED) is 0.702. The fourth-order valence-corrected chi connectivity index (χ4v) is 3.06. The Morgan fingerprint density at radius 1 is 1.58 bits per heavy atom. The number of hydrogen-bond donors (Lipinski definition) is 1. The predicted molar refractivity (Wildman–Crippen MR) is 53.8 cm³/mol. The summed E-state index contributed by atoms with van der Waals surface area (Å²) in [6.45, 7) is 5.75. The summed E-state index contributed by atoms with van der Waals surface area (Å²) in [5, 5.41) is 5.71. The average molecular weight is 181 g/mol. The highest BCUT2D eigenvalue weighted by molar-refractivity contribution is 7.10. The second-order valence-corrected chi connectivity index (χ2v) is 4.98. The lowest BCUT2D eigenvalue weighted by atomic mass is 9.88. The molecule has 0 amide bonds. The topological polar surface area (TPSA) is 12.0 Å². The van der Waals surface area contributed by atoms with Crippen molar-refractivity contribution in [3.8, 4) is 0 Å². The third-order valence-electron chi connectivity index (χ3n) is 2.77. The van der Waals surface area contributed by atoms with E-state index in [-0.39, 0.29) is 0 Å². The summed E-state index contributed by atoms with van der Waals surface area (Å²) in [7, 11) is 0. The van der Waals surface area contributed by atoms with Gasteiger partial charge in [-0.2, -0.15) is 0 Å². The van der Waals surface area contributed by atoms with Gasteiger partial charge in [0.15, 0.2) is 0 Å². The van der Waals surface area contributed by atoms with Crippen LogP contribution < -0.4 is 5.32 Å². The zero-order valence-electron chi connectivity index (χ0n) is 7.63. The average Bonchev–Trinajstić information content (AvgIpc) is 2.55. The summed E-state index contributed by atoms with van der Waals surface area (Å²) in [5.41, 5.74) is 0.296. The van der Waals surface area contributed by atoms with Crippen LogP contribution in [0.15, 0.2) is 17.5 Å². The molecule has 12 heavy (non-hydrogen) atoms. The van der Waals surface area contributed by atoms with Crippen LogP contribution in [0.2, 0.25) is 0 Å². The van der Waals surface area contributed by atoms with Gasteiger partial charge in [-0.25, -0.2) is 0 Å². The van der Waals surface area contributed by atoms with Crippen LogP contribution in [0.3, 0.4) is 0 Å². The second kappa shape index (κ2) is 2.86. The van der Waals surface area contributed by atoms with E-state index in [0.717, 1.165) is 12.5 Å². The summed E-state index contributed by atoms with van der Waals surface area (Å²) in [4.78, 5) is 1.53. The molecule has 0 bridgehead atoms. The molecule has 1 nitrogen and oxygen atoms in total. The normalized spacial score (nSPS) is 27.7. The maximum Gasteiger partial charge on any atom is 0.0202 e. The SMILES string of the molecule is CC1(C)NCCC1c1cccs1. The van der Waals surface area contributed by atoms with E-state index >= 15 is 0 Å². The molecule has 1 aromatic rings. The second-order valence-electron chi connectivity index (χ2n) is 4.01. The van der Waals surface area contributed by atoms with Crippen molar-refractivity contribution in [2.24, 2.45) is 0 Å². The molecule has 1 aliphatic rings. The van der Waals surface area contributed by atoms with E-state index in [1.165, 1.54) is 11.3 Å². The summed E-state index contributed by atoms with van der Waals surface area (Å²) < 4.78 is 0. The van der Waals surface area contributed by atoms with Crippen LogP contribution in [0.4, 0.5) is 0 Å². The van der Waals surface area contributed by atoms with Crippen LogP contribution >= 0.6 is 11.3 Å². The first-order chi connectivity index (χ1) is 5.70. The lowest BCUT2D eigenvalue weighted by Crippen LogP contribution is -2.36. The van der Waals surface area contributed by atoms with Crippen LogP contribution in [0, 0.1) is 0 Å². The van der Waals surface area contributed by atoms with Gasteiger partial charge in [-0.1, -0.05) is 6.07 Å². The van der Waals surface area contributed by atoms with E-state index < -0.39 is 0 Å². The van der Waals surface area contributed by atoms with Gasteiger partial charge in [-0.05, 0) is 38.3 Å². The van der Waals surface area contributed by atoms with E-state index in [2.05, 4.69) is 36.7 Å². The molecule has 2 heteroatoms. The molecule has 0 spiro atoms. The molecule has 2 rings (SSSR count). The summed E-state index contributed by atoms with van der Waals surface area (Å²) in [5.74, 6) is 0.720. The highest BCUT2D eigenvalue weighted by atomic mass is 32.1. The third kappa shape index (κ3) is 1.29. The Morgan fingerprint density at radius 2 is 2.42 bits per heavy atom. The summed E-state index contributed by atoms with van der Waals surface area (Å²) >= 11 is 1.88. The van der Waals surface area contributed by atoms with Crippen molar-refractivity contribution in [2.75, 3.05) is 6.54 Å². The molecule has 66 valence electrons. The Morgan fingerprint density at radius 3 is 2.92 bits per heavy atom. The van der Waals surface area contributed by atoms with Gasteiger partial charge < -0.3 is 5.32 Å². The molecule has 2 heterocycles. The number of thiophene rings is 1. The van der Waals surface area contributed by atoms with Crippen molar-refractivity contribution >= 4 is 11.3 Å². The van der Waals surface area contributed by atoms with Crippen molar-refractivity contribution in [1.29, 1.82) is 0 Å². The zero-order valence-corrected chi connectivity index (χ0v) is 8.45. The van der Waals surface area contributed by atoms with Gasteiger partial charge in [0.25, 0.3) is 0 Å². The van der Waals surface area contributed by atoms with Crippen molar-refractivity contribution in [3.05, 3.63) is 22.4 Å². The minimum absolute atomic E-state index is 0.296. The molecular weight excluding hydrogens is 166 g/mol. The van der Waals surface area contributed by atoms with Crippen LogP contribution in [0.1, 0.15) is 31.1 Å². The third-order valence-corrected chi connectivity index (χ3v) is 3.76. The fraction of sp³-hybridized carbons (Fsp3) is 0.600. The van der Waals surface area contributed by atoms with Gasteiger partial charge in [0.2, 0.25) is 0 Å². The molecule has 1 aromatic heterocycles. The van der Waals surface area contributed by atoms with Gasteiger partial charge in [0.1, 0.15) is 0 Å². The summed E-state index contributed by atoms with van der Waals surface area (Å²) in [6, 6.07) is 4.40. The molecular formula is C10H15NS. The van der Waals surface area contributed by atoms with Crippen molar-refractivity contribution in [3.63, 3.8) is 0 Å². The number of hydrogen-bond acceptors (Lipinski definition) is 2. The van der Waals surface area contributed by atoms with Crippen LogP contribution in [-0.4, -0.2) is 12.1 Å². The van der Waals surface area contributed by atoms with Crippen molar-refractivity contribution < 1.29 is 0 Å². The highest BCUT2D eigenvalue weighted by Crippen LogP contribution is 2.37. The highest BCUT2D eigenvalue weighted by Gasteiger charge is 2.35. The first-order valence-electron chi connectivity index (χ1n) is 4.48. The Hall–Kier alpha value is -0.340. The molecule has 1 unspecified atom stereocenters. The maximum absolute atomic E-state index is 3.54. The Kier molecular flexibility index (Phi) is 1.97. The maximum atomic E-state index is 3.54. The number of nitrogens with one attached hydrogen (secondary N) is 1. The van der Waals surface area contributed by atoms with E-state index in [1.807, 2.05) is 11.3 Å². The molecule has 1 saturated heterocycles. The largest absolute Gasteiger partial charge is 0.311 e. The minimum Gasteiger partial charge on any atom is -0.311 e. The first kappa shape index (κ1) is 8.27. The molecule has 1 fully saturated rings. The lowest BCUT2D eigenvalue weighted by Gasteiger charge is -2.26. The monoisotopic (exact) mass is 181 g/mol. The summed E-state index contributed by atoms with van der Waals surface area (Å²) in [6.07, 6.45) is 1.29. The van der Waals surface area contributed by atoms with E-state index in [9.17, 15) is 0 Å². The van der Waals surface area contributed by atoms with E-state index in [1.54, 1.807) is 0 Å². The molecule has 1 atom stereocenters. The van der Waals surface area contributed by atoms with E-state index in [0.29, 0.717) is 5.54 Å². The fourth-order valence-electron chi connectivity index (χ4n) is 2.01. The van der Waals surface area contributed by atoms with Gasteiger partial charge in [-0.3, -0.25) is 0 Å². The van der Waals surface area contributed by atoms with Crippen molar-refractivity contribution in [2.45, 2.75) is 31.7 Å². The minimum atomic E-state index is 0.296. The number of rotatable bonds is 1. The standard InChI is InChI=1S/C10H15NS/c1-10(2)8(5-6-11-10)9-4-3-7-12-9/h3-4,7-8,11H,5-6H2,1-2H3.